The number of carbonyl (C=O) groups excluding carboxylic acids is 1. The van der Waals surface area contributed by atoms with E-state index in [1.54, 1.807) is 0 Å². The summed E-state index contributed by atoms with van der Waals surface area (Å²) in [6, 6.07) is 0. The molecule has 17 heavy (non-hydrogen) atoms. The maximum Gasteiger partial charge on any atom is 0.335 e. The van der Waals surface area contributed by atoms with Crippen molar-refractivity contribution < 1.29 is 34.7 Å². The largest absolute Gasteiger partial charge is 0.429 e. The first kappa shape index (κ1) is 14.1. The van der Waals surface area contributed by atoms with E-state index >= 15 is 0 Å². The fourth-order valence-corrected chi connectivity index (χ4v) is 1.37. The van der Waals surface area contributed by atoms with E-state index in [2.05, 4.69) is 6.58 Å². The van der Waals surface area contributed by atoms with Crippen molar-refractivity contribution in [3.8, 4) is 0 Å². The van der Waals surface area contributed by atoms with Gasteiger partial charge in [-0.1, -0.05) is 6.58 Å². The number of hydrogen-bond donors (Lipinski definition) is 4. The van der Waals surface area contributed by atoms with Gasteiger partial charge in [0.05, 0.1) is 6.61 Å². The zero-order valence-corrected chi connectivity index (χ0v) is 9.31. The molecule has 0 saturated carbocycles. The van der Waals surface area contributed by atoms with Crippen LogP contribution in [0.15, 0.2) is 12.2 Å². The lowest BCUT2D eigenvalue weighted by atomic mass is 9.99. The fourth-order valence-electron chi connectivity index (χ4n) is 1.37. The van der Waals surface area contributed by atoms with Gasteiger partial charge in [0.1, 0.15) is 24.4 Å². The Morgan fingerprint density at radius 1 is 1.29 bits per heavy atom. The molecule has 1 heterocycles. The van der Waals surface area contributed by atoms with Crippen LogP contribution in [-0.2, 0) is 14.3 Å². The van der Waals surface area contributed by atoms with Crippen LogP contribution in [0.4, 0.5) is 0 Å². The second kappa shape index (κ2) is 5.56. The Hall–Kier alpha value is -0.990. The van der Waals surface area contributed by atoms with E-state index in [-0.39, 0.29) is 5.57 Å². The molecule has 1 aliphatic heterocycles. The van der Waals surface area contributed by atoms with Crippen molar-refractivity contribution in [3.05, 3.63) is 12.2 Å². The van der Waals surface area contributed by atoms with Crippen molar-refractivity contribution in [2.24, 2.45) is 0 Å². The molecule has 1 saturated heterocycles. The molecule has 0 bridgehead atoms. The second-order valence-corrected chi connectivity index (χ2v) is 3.88. The highest BCUT2D eigenvalue weighted by Gasteiger charge is 2.45. The standard InChI is InChI=1S/C10H16O7/c1-4(2)9(15)17-10-8(14)7(13)6(12)5(3-11)16-10/h5-8,10-14H,1,3H2,2H3/t5-,6+,7+,8-,10-/m1/s1. The summed E-state index contributed by atoms with van der Waals surface area (Å²) in [5.41, 5.74) is 0.0990. The van der Waals surface area contributed by atoms with Gasteiger partial charge in [0.2, 0.25) is 6.29 Å². The van der Waals surface area contributed by atoms with Crippen LogP contribution in [0, 0.1) is 0 Å². The molecule has 4 N–H and O–H groups in total. The molecule has 0 aromatic heterocycles. The Morgan fingerprint density at radius 2 is 1.88 bits per heavy atom. The topological polar surface area (TPSA) is 116 Å². The summed E-state index contributed by atoms with van der Waals surface area (Å²) in [7, 11) is 0. The van der Waals surface area contributed by atoms with Crippen molar-refractivity contribution in [2.75, 3.05) is 6.61 Å². The summed E-state index contributed by atoms with van der Waals surface area (Å²) in [5, 5.41) is 37.3. The first-order chi connectivity index (χ1) is 7.88. The van der Waals surface area contributed by atoms with Gasteiger partial charge in [-0.15, -0.1) is 0 Å². The van der Waals surface area contributed by atoms with E-state index in [9.17, 15) is 20.1 Å². The van der Waals surface area contributed by atoms with E-state index in [0.29, 0.717) is 0 Å². The maximum atomic E-state index is 11.2. The van der Waals surface area contributed by atoms with E-state index in [1.165, 1.54) is 6.92 Å². The Labute approximate surface area is 97.9 Å². The van der Waals surface area contributed by atoms with Crippen molar-refractivity contribution in [1.82, 2.24) is 0 Å². The minimum Gasteiger partial charge on any atom is -0.429 e. The third kappa shape index (κ3) is 3.02. The number of aliphatic hydroxyl groups excluding tert-OH is 4. The molecule has 1 fully saturated rings. The predicted molar refractivity (Wildman–Crippen MR) is 54.7 cm³/mol. The van der Waals surface area contributed by atoms with E-state index in [0.717, 1.165) is 0 Å². The van der Waals surface area contributed by atoms with Crippen LogP contribution in [0.25, 0.3) is 0 Å². The number of aliphatic hydroxyl groups is 4. The first-order valence-corrected chi connectivity index (χ1v) is 5.05. The highest BCUT2D eigenvalue weighted by Crippen LogP contribution is 2.22. The highest BCUT2D eigenvalue weighted by molar-refractivity contribution is 5.87. The average Bonchev–Trinajstić information content (AvgIpc) is 2.29. The Bertz CT molecular complexity index is 301. The lowest BCUT2D eigenvalue weighted by molar-refractivity contribution is -0.291. The molecular formula is C10H16O7. The smallest absolute Gasteiger partial charge is 0.335 e. The van der Waals surface area contributed by atoms with Gasteiger partial charge in [-0.25, -0.2) is 4.79 Å². The van der Waals surface area contributed by atoms with Gasteiger partial charge >= 0.3 is 5.97 Å². The molecule has 1 aliphatic rings. The van der Waals surface area contributed by atoms with Crippen LogP contribution >= 0.6 is 0 Å². The van der Waals surface area contributed by atoms with Gasteiger partial charge in [0.15, 0.2) is 0 Å². The normalized spacial score (nSPS) is 37.6. The average molecular weight is 248 g/mol. The van der Waals surface area contributed by atoms with Crippen LogP contribution in [0.1, 0.15) is 6.92 Å². The number of carbonyl (C=O) groups is 1. The summed E-state index contributed by atoms with van der Waals surface area (Å²) < 4.78 is 9.68. The number of hydrogen-bond acceptors (Lipinski definition) is 7. The number of ether oxygens (including phenoxy) is 2. The predicted octanol–water partition coefficient (Wildman–Crippen LogP) is -2.09. The van der Waals surface area contributed by atoms with Crippen molar-refractivity contribution >= 4 is 5.97 Å². The molecule has 1 rings (SSSR count). The lowest BCUT2D eigenvalue weighted by Crippen LogP contribution is -2.59. The van der Waals surface area contributed by atoms with E-state index < -0.39 is 43.3 Å². The zero-order valence-electron chi connectivity index (χ0n) is 9.31. The molecular weight excluding hydrogens is 232 g/mol. The monoisotopic (exact) mass is 248 g/mol. The van der Waals surface area contributed by atoms with Gasteiger partial charge in [-0.3, -0.25) is 0 Å². The van der Waals surface area contributed by atoms with E-state index in [4.69, 9.17) is 14.6 Å². The van der Waals surface area contributed by atoms with Crippen LogP contribution in [0.2, 0.25) is 0 Å². The molecule has 5 atom stereocenters. The van der Waals surface area contributed by atoms with Gasteiger partial charge in [0.25, 0.3) is 0 Å². The van der Waals surface area contributed by atoms with E-state index in [1.807, 2.05) is 0 Å². The molecule has 0 aromatic rings. The Kier molecular flexibility index (Phi) is 4.61. The summed E-state index contributed by atoms with van der Waals surface area (Å²) in [6.45, 7) is 4.18. The SMILES string of the molecule is C=C(C)C(=O)O[C@H]1O[C@H](CO)[C@H](O)[C@H](O)[C@H]1O. The summed E-state index contributed by atoms with van der Waals surface area (Å²) in [5.74, 6) is -0.797. The quantitative estimate of drug-likeness (QED) is 0.334. The summed E-state index contributed by atoms with van der Waals surface area (Å²) in [6.07, 6.45) is -7.18. The molecule has 98 valence electrons. The Morgan fingerprint density at radius 3 is 2.35 bits per heavy atom. The van der Waals surface area contributed by atoms with Gasteiger partial charge in [-0.05, 0) is 6.92 Å². The van der Waals surface area contributed by atoms with Crippen LogP contribution in [0.5, 0.6) is 0 Å². The summed E-state index contributed by atoms with van der Waals surface area (Å²) in [4.78, 5) is 11.2. The van der Waals surface area contributed by atoms with Crippen molar-refractivity contribution in [3.63, 3.8) is 0 Å². The molecule has 0 aromatic carbocycles. The van der Waals surface area contributed by atoms with Gasteiger partial charge in [-0.2, -0.15) is 0 Å². The number of rotatable bonds is 3. The summed E-state index contributed by atoms with van der Waals surface area (Å²) >= 11 is 0. The van der Waals surface area contributed by atoms with Gasteiger partial charge < -0.3 is 29.9 Å². The number of esters is 1. The molecule has 0 unspecified atom stereocenters. The second-order valence-electron chi connectivity index (χ2n) is 3.88. The Balaban J connectivity index is 2.72. The third-order valence-electron chi connectivity index (χ3n) is 2.42. The molecule has 0 radical (unpaired) electrons. The molecule has 7 heteroatoms. The highest BCUT2D eigenvalue weighted by atomic mass is 16.7. The minimum atomic E-state index is -1.59. The lowest BCUT2D eigenvalue weighted by Gasteiger charge is -2.39. The van der Waals surface area contributed by atoms with Crippen molar-refractivity contribution in [2.45, 2.75) is 37.6 Å². The molecule has 7 nitrogen and oxygen atoms in total. The van der Waals surface area contributed by atoms with Crippen molar-refractivity contribution in [1.29, 1.82) is 0 Å². The zero-order chi connectivity index (χ0) is 13.2. The first-order valence-electron chi connectivity index (χ1n) is 5.05. The fraction of sp³-hybridized carbons (Fsp3) is 0.700. The molecule has 0 amide bonds. The van der Waals surface area contributed by atoms with Crippen LogP contribution in [-0.4, -0.2) is 63.7 Å². The molecule has 0 aliphatic carbocycles. The van der Waals surface area contributed by atoms with Gasteiger partial charge in [0, 0.05) is 5.57 Å². The van der Waals surface area contributed by atoms with Crippen LogP contribution in [0.3, 0.4) is 0 Å². The minimum absolute atomic E-state index is 0.0990. The van der Waals surface area contributed by atoms with Crippen LogP contribution < -0.4 is 0 Å². The third-order valence-corrected chi connectivity index (χ3v) is 2.42. The maximum absolute atomic E-state index is 11.2. The molecule has 0 spiro atoms.